The average Bonchev–Trinajstić information content (AvgIpc) is 2.31. The van der Waals surface area contributed by atoms with Crippen LogP contribution in [0.4, 0.5) is 0 Å². The number of nitrogens with one attached hydrogen (secondary N) is 1. The van der Waals surface area contributed by atoms with E-state index in [4.69, 9.17) is 5.41 Å². The SMILES string of the molecule is CCCCN(CC)C(=N)c1ccccc1. The lowest BCUT2D eigenvalue weighted by Gasteiger charge is -2.23. The minimum atomic E-state index is 0.645. The first kappa shape index (κ1) is 11.8. The minimum Gasteiger partial charge on any atom is -0.357 e. The van der Waals surface area contributed by atoms with E-state index in [0.717, 1.165) is 25.1 Å². The molecule has 1 aromatic rings. The number of amidine groups is 1. The fraction of sp³-hybridized carbons (Fsp3) is 0.462. The Morgan fingerprint density at radius 2 is 1.87 bits per heavy atom. The Labute approximate surface area is 92.4 Å². The zero-order chi connectivity index (χ0) is 11.1. The third-order valence-corrected chi connectivity index (χ3v) is 2.53. The van der Waals surface area contributed by atoms with E-state index in [1.807, 2.05) is 30.3 Å². The molecule has 0 bridgehead atoms. The summed E-state index contributed by atoms with van der Waals surface area (Å²) in [6.45, 7) is 6.18. The van der Waals surface area contributed by atoms with Gasteiger partial charge in [0.15, 0.2) is 0 Å². The molecule has 0 saturated carbocycles. The van der Waals surface area contributed by atoms with Gasteiger partial charge in [0.2, 0.25) is 0 Å². The molecule has 2 heteroatoms. The van der Waals surface area contributed by atoms with E-state index >= 15 is 0 Å². The van der Waals surface area contributed by atoms with Gasteiger partial charge in [0.05, 0.1) is 0 Å². The predicted octanol–water partition coefficient (Wildman–Crippen LogP) is 3.13. The molecule has 0 aromatic heterocycles. The molecular weight excluding hydrogens is 184 g/mol. The average molecular weight is 204 g/mol. The summed E-state index contributed by atoms with van der Waals surface area (Å²) in [5.41, 5.74) is 1.01. The molecule has 0 aliphatic carbocycles. The Morgan fingerprint density at radius 3 is 2.40 bits per heavy atom. The number of hydrogen-bond acceptors (Lipinski definition) is 1. The zero-order valence-corrected chi connectivity index (χ0v) is 9.66. The lowest BCUT2D eigenvalue weighted by Crippen LogP contribution is -2.31. The maximum Gasteiger partial charge on any atom is 0.128 e. The molecule has 0 unspecified atom stereocenters. The van der Waals surface area contributed by atoms with E-state index < -0.39 is 0 Å². The molecule has 0 aliphatic rings. The fourth-order valence-corrected chi connectivity index (χ4v) is 1.56. The third-order valence-electron chi connectivity index (χ3n) is 2.53. The van der Waals surface area contributed by atoms with Gasteiger partial charge in [-0.25, -0.2) is 0 Å². The second-order valence-electron chi connectivity index (χ2n) is 3.65. The Bertz CT molecular complexity index is 293. The summed E-state index contributed by atoms with van der Waals surface area (Å²) < 4.78 is 0. The summed E-state index contributed by atoms with van der Waals surface area (Å²) in [4.78, 5) is 2.12. The Balaban J connectivity index is 2.65. The van der Waals surface area contributed by atoms with E-state index in [1.165, 1.54) is 6.42 Å². The van der Waals surface area contributed by atoms with Crippen molar-refractivity contribution in [3.63, 3.8) is 0 Å². The first-order valence-electron chi connectivity index (χ1n) is 5.68. The summed E-state index contributed by atoms with van der Waals surface area (Å²) in [6, 6.07) is 9.95. The molecule has 1 rings (SSSR count). The maximum absolute atomic E-state index is 8.09. The molecule has 0 aliphatic heterocycles. The topological polar surface area (TPSA) is 27.1 Å². The molecule has 0 atom stereocenters. The molecule has 0 fully saturated rings. The van der Waals surface area contributed by atoms with E-state index in [2.05, 4.69) is 18.7 Å². The van der Waals surface area contributed by atoms with Gasteiger partial charge in [0.1, 0.15) is 5.84 Å². The first-order chi connectivity index (χ1) is 7.29. The quantitative estimate of drug-likeness (QED) is 0.579. The Hall–Kier alpha value is -1.31. The second kappa shape index (κ2) is 6.23. The summed E-state index contributed by atoms with van der Waals surface area (Å²) in [6.07, 6.45) is 2.33. The van der Waals surface area contributed by atoms with Crippen molar-refractivity contribution in [1.82, 2.24) is 4.90 Å². The van der Waals surface area contributed by atoms with Crippen LogP contribution < -0.4 is 0 Å². The van der Waals surface area contributed by atoms with Gasteiger partial charge in [-0.15, -0.1) is 0 Å². The van der Waals surface area contributed by atoms with Gasteiger partial charge in [0.25, 0.3) is 0 Å². The maximum atomic E-state index is 8.09. The highest BCUT2D eigenvalue weighted by molar-refractivity contribution is 5.96. The van der Waals surface area contributed by atoms with Gasteiger partial charge in [-0.05, 0) is 13.3 Å². The monoisotopic (exact) mass is 204 g/mol. The van der Waals surface area contributed by atoms with Gasteiger partial charge in [-0.2, -0.15) is 0 Å². The van der Waals surface area contributed by atoms with Crippen LogP contribution in [0, 0.1) is 5.41 Å². The van der Waals surface area contributed by atoms with Crippen LogP contribution in [-0.2, 0) is 0 Å². The van der Waals surface area contributed by atoms with Crippen LogP contribution in [0.25, 0.3) is 0 Å². The molecule has 0 amide bonds. The summed E-state index contributed by atoms with van der Waals surface area (Å²) in [7, 11) is 0. The molecular formula is C13H20N2. The molecule has 0 heterocycles. The number of benzene rings is 1. The summed E-state index contributed by atoms with van der Waals surface area (Å²) >= 11 is 0. The van der Waals surface area contributed by atoms with E-state index in [-0.39, 0.29) is 0 Å². The predicted molar refractivity (Wildman–Crippen MR) is 65.4 cm³/mol. The standard InChI is InChI=1S/C13H20N2/c1-3-5-11-15(4-2)13(14)12-9-7-6-8-10-12/h6-10,14H,3-5,11H2,1-2H3. The van der Waals surface area contributed by atoms with Gasteiger partial charge in [-0.3, -0.25) is 5.41 Å². The zero-order valence-electron chi connectivity index (χ0n) is 9.66. The van der Waals surface area contributed by atoms with Crippen molar-refractivity contribution in [2.75, 3.05) is 13.1 Å². The highest BCUT2D eigenvalue weighted by atomic mass is 15.2. The van der Waals surface area contributed by atoms with Crippen LogP contribution in [0.2, 0.25) is 0 Å². The van der Waals surface area contributed by atoms with E-state index in [0.29, 0.717) is 5.84 Å². The van der Waals surface area contributed by atoms with E-state index in [1.54, 1.807) is 0 Å². The second-order valence-corrected chi connectivity index (χ2v) is 3.65. The van der Waals surface area contributed by atoms with Crippen LogP contribution in [-0.4, -0.2) is 23.8 Å². The van der Waals surface area contributed by atoms with Crippen molar-refractivity contribution in [3.8, 4) is 0 Å². The lowest BCUT2D eigenvalue weighted by molar-refractivity contribution is 0.426. The molecule has 0 spiro atoms. The van der Waals surface area contributed by atoms with Crippen molar-refractivity contribution in [3.05, 3.63) is 35.9 Å². The smallest absolute Gasteiger partial charge is 0.128 e. The molecule has 0 saturated heterocycles. The lowest BCUT2D eigenvalue weighted by atomic mass is 10.2. The summed E-state index contributed by atoms with van der Waals surface area (Å²) in [5.74, 6) is 0.645. The van der Waals surface area contributed by atoms with Crippen LogP contribution in [0.15, 0.2) is 30.3 Å². The Morgan fingerprint density at radius 1 is 1.20 bits per heavy atom. The third kappa shape index (κ3) is 3.39. The van der Waals surface area contributed by atoms with Crippen LogP contribution >= 0.6 is 0 Å². The minimum absolute atomic E-state index is 0.645. The van der Waals surface area contributed by atoms with Gasteiger partial charge >= 0.3 is 0 Å². The summed E-state index contributed by atoms with van der Waals surface area (Å²) in [5, 5.41) is 8.09. The fourth-order valence-electron chi connectivity index (χ4n) is 1.56. The molecule has 15 heavy (non-hydrogen) atoms. The molecule has 82 valence electrons. The van der Waals surface area contributed by atoms with Crippen molar-refractivity contribution < 1.29 is 0 Å². The number of nitrogens with zero attached hydrogens (tertiary/aromatic N) is 1. The number of unbranched alkanes of at least 4 members (excludes halogenated alkanes) is 1. The highest BCUT2D eigenvalue weighted by Gasteiger charge is 2.08. The molecule has 0 radical (unpaired) electrons. The van der Waals surface area contributed by atoms with Crippen LogP contribution in [0.3, 0.4) is 0 Å². The number of rotatable bonds is 5. The van der Waals surface area contributed by atoms with Gasteiger partial charge in [0, 0.05) is 18.7 Å². The normalized spacial score (nSPS) is 10.0. The number of hydrogen-bond donors (Lipinski definition) is 1. The highest BCUT2D eigenvalue weighted by Crippen LogP contribution is 2.05. The van der Waals surface area contributed by atoms with Gasteiger partial charge in [-0.1, -0.05) is 43.7 Å². The van der Waals surface area contributed by atoms with Crippen LogP contribution in [0.5, 0.6) is 0 Å². The largest absolute Gasteiger partial charge is 0.357 e. The molecule has 1 aromatic carbocycles. The molecule has 1 N–H and O–H groups in total. The van der Waals surface area contributed by atoms with Crippen molar-refractivity contribution in [2.45, 2.75) is 26.7 Å². The van der Waals surface area contributed by atoms with Crippen molar-refractivity contribution in [2.24, 2.45) is 0 Å². The Kier molecular flexibility index (Phi) is 4.88. The van der Waals surface area contributed by atoms with Crippen molar-refractivity contribution >= 4 is 5.84 Å². The van der Waals surface area contributed by atoms with E-state index in [9.17, 15) is 0 Å². The van der Waals surface area contributed by atoms with Crippen molar-refractivity contribution in [1.29, 1.82) is 5.41 Å². The van der Waals surface area contributed by atoms with Gasteiger partial charge < -0.3 is 4.90 Å². The first-order valence-corrected chi connectivity index (χ1v) is 5.68. The molecule has 2 nitrogen and oxygen atoms in total. The van der Waals surface area contributed by atoms with Crippen LogP contribution in [0.1, 0.15) is 32.3 Å².